The van der Waals surface area contributed by atoms with Crippen LogP contribution in [-0.4, -0.2) is 34.8 Å². The van der Waals surface area contributed by atoms with E-state index in [1.807, 2.05) is 86.2 Å². The molecule has 0 spiro atoms. The summed E-state index contributed by atoms with van der Waals surface area (Å²) in [5.41, 5.74) is 4.19. The minimum atomic E-state index is -4.65. The van der Waals surface area contributed by atoms with Crippen LogP contribution in [0.1, 0.15) is 69.0 Å². The van der Waals surface area contributed by atoms with Crippen molar-refractivity contribution in [2.24, 2.45) is 5.92 Å². The van der Waals surface area contributed by atoms with E-state index in [1.165, 1.54) is 37.1 Å². The molecule has 0 aliphatic heterocycles. The van der Waals surface area contributed by atoms with Crippen molar-refractivity contribution < 1.29 is 26.3 Å². The van der Waals surface area contributed by atoms with Gasteiger partial charge in [0.2, 0.25) is 0 Å². The Balaban J connectivity index is 0.000000156. The fourth-order valence-electron chi connectivity index (χ4n) is 6.81. The maximum Gasteiger partial charge on any atom is 0.416 e. The van der Waals surface area contributed by atoms with Crippen molar-refractivity contribution in [2.45, 2.75) is 91.8 Å². The Labute approximate surface area is 341 Å². The Hall–Kier alpha value is -6.12. The molecule has 0 unspecified atom stereocenters. The molecule has 0 atom stereocenters. The number of nitrogens with zero attached hydrogens (tertiary/aromatic N) is 6. The van der Waals surface area contributed by atoms with Crippen LogP contribution in [-0.2, 0) is 32.2 Å². The summed E-state index contributed by atoms with van der Waals surface area (Å²) in [5.74, 6) is 0.856. The number of hydrogen-bond donors (Lipinski definition) is 0. The highest BCUT2D eigenvalue weighted by molar-refractivity contribution is 5.78. The fraction of sp³-hybridized carbons (Fsp3) is 0.333. The second-order valence-corrected chi connectivity index (χ2v) is 15.0. The Morgan fingerprint density at radius 1 is 0.667 bits per heavy atom. The molecule has 0 saturated heterocycles. The number of halogens is 6. The van der Waals surface area contributed by atoms with Gasteiger partial charge in [0.15, 0.2) is 0 Å². The predicted octanol–water partition coefficient (Wildman–Crippen LogP) is 9.86. The van der Waals surface area contributed by atoms with E-state index in [1.54, 1.807) is 0 Å². The summed E-state index contributed by atoms with van der Waals surface area (Å²) in [6, 6.07) is 23.2. The smallest absolute Gasteiger partial charge is 0.305 e. The van der Waals surface area contributed by atoms with Gasteiger partial charge < -0.3 is 9.13 Å². The Morgan fingerprint density at radius 2 is 1.25 bits per heavy atom. The van der Waals surface area contributed by atoms with Gasteiger partial charge in [-0.1, -0.05) is 63.2 Å². The zero-order valence-electron chi connectivity index (χ0n) is 33.7. The van der Waals surface area contributed by atoms with Crippen molar-refractivity contribution in [2.75, 3.05) is 0 Å². The molecule has 8 rings (SSSR count). The molecular formula is C45H44F6N6O3. The molecule has 9 nitrogen and oxygen atoms in total. The predicted molar refractivity (Wildman–Crippen MR) is 221 cm³/mol. The van der Waals surface area contributed by atoms with Crippen LogP contribution >= 0.6 is 0 Å². The molecule has 4 aromatic carbocycles. The van der Waals surface area contributed by atoms with Gasteiger partial charge in [-0.25, -0.2) is 15.0 Å². The number of hydrogen-bond acceptors (Lipinski definition) is 6. The lowest BCUT2D eigenvalue weighted by Crippen LogP contribution is -2.30. The van der Waals surface area contributed by atoms with Crippen LogP contribution in [0.4, 0.5) is 26.3 Å². The Bertz CT molecular complexity index is 2840. The first-order valence-corrected chi connectivity index (χ1v) is 19.6. The summed E-state index contributed by atoms with van der Waals surface area (Å²) in [7, 11) is 0. The molecule has 60 heavy (non-hydrogen) atoms. The number of benzene rings is 4. The van der Waals surface area contributed by atoms with Crippen LogP contribution in [0.15, 0.2) is 105 Å². The van der Waals surface area contributed by atoms with E-state index < -0.39 is 30.0 Å². The van der Waals surface area contributed by atoms with E-state index in [-0.39, 0.29) is 39.3 Å². The molecular weight excluding hydrogens is 787 g/mol. The van der Waals surface area contributed by atoms with E-state index in [0.29, 0.717) is 34.8 Å². The van der Waals surface area contributed by atoms with Crippen molar-refractivity contribution in [3.05, 3.63) is 145 Å². The summed E-state index contributed by atoms with van der Waals surface area (Å²) >= 11 is 0. The fourth-order valence-corrected chi connectivity index (χ4v) is 6.81. The maximum atomic E-state index is 12.9. The molecule has 0 bridgehead atoms. The first kappa shape index (κ1) is 43.5. The van der Waals surface area contributed by atoms with Crippen LogP contribution in [0.25, 0.3) is 44.4 Å². The Kier molecular flexibility index (Phi) is 12.8. The highest BCUT2D eigenvalue weighted by Crippen LogP contribution is 2.32. The van der Waals surface area contributed by atoms with E-state index in [9.17, 15) is 40.7 Å². The number of rotatable bonds is 7. The van der Waals surface area contributed by atoms with Gasteiger partial charge in [0.05, 0.1) is 38.7 Å². The van der Waals surface area contributed by atoms with Crippen molar-refractivity contribution in [1.29, 1.82) is 0 Å². The zero-order chi connectivity index (χ0) is 43.5. The molecule has 1 saturated carbocycles. The van der Waals surface area contributed by atoms with Crippen LogP contribution in [0.5, 0.6) is 0 Å². The van der Waals surface area contributed by atoms with Crippen molar-refractivity contribution in [1.82, 2.24) is 28.7 Å². The second kappa shape index (κ2) is 17.6. The molecule has 15 heteroatoms. The molecule has 0 radical (unpaired) electrons. The average molecular weight is 831 g/mol. The molecule has 3 aromatic heterocycles. The standard InChI is InChI=1S/C17H10F6N2O.C14H16N2O.C14H18N2O/c18-16(19,20)9-25-13-4-2-1-3-12(13)24-14(15(25)26)10-5-7-11(8-6-10)17(21,22)23;1-2-11-14(17)16(9-10-7-8-10)13-6-4-3-5-12(13)15-11;1-5-16-12-8-10(4)6-7-11(12)15-13(9(2)3)14(16)17/h1-8H,9H2;3-6,10H,2,7-9H2,1H3;6-9H,5H2,1-4H3. The topological polar surface area (TPSA) is 105 Å². The van der Waals surface area contributed by atoms with Crippen LogP contribution in [0.3, 0.4) is 0 Å². The highest BCUT2D eigenvalue weighted by Gasteiger charge is 2.32. The first-order valence-electron chi connectivity index (χ1n) is 19.6. The summed E-state index contributed by atoms with van der Waals surface area (Å²) in [6.45, 7) is 10.0. The minimum absolute atomic E-state index is 0.00433. The molecule has 0 N–H and O–H groups in total. The van der Waals surface area contributed by atoms with Gasteiger partial charge in [-0.15, -0.1) is 0 Å². The van der Waals surface area contributed by atoms with Gasteiger partial charge in [-0.3, -0.25) is 19.0 Å². The Morgan fingerprint density at radius 3 is 1.80 bits per heavy atom. The van der Waals surface area contributed by atoms with Gasteiger partial charge in [0.1, 0.15) is 23.6 Å². The van der Waals surface area contributed by atoms with E-state index >= 15 is 0 Å². The zero-order valence-corrected chi connectivity index (χ0v) is 33.7. The van der Waals surface area contributed by atoms with Crippen molar-refractivity contribution in [3.8, 4) is 11.3 Å². The summed E-state index contributed by atoms with van der Waals surface area (Å²) in [5, 5.41) is 0. The monoisotopic (exact) mass is 830 g/mol. The van der Waals surface area contributed by atoms with Gasteiger partial charge in [-0.05, 0) is 93.1 Å². The van der Waals surface area contributed by atoms with Crippen LogP contribution in [0, 0.1) is 12.8 Å². The van der Waals surface area contributed by atoms with E-state index in [2.05, 4.69) is 15.0 Å². The number of aromatic nitrogens is 6. The van der Waals surface area contributed by atoms with Crippen LogP contribution < -0.4 is 16.7 Å². The van der Waals surface area contributed by atoms with Gasteiger partial charge in [0.25, 0.3) is 16.7 Å². The molecule has 314 valence electrons. The minimum Gasteiger partial charge on any atom is -0.305 e. The molecule has 3 heterocycles. The molecule has 1 aliphatic carbocycles. The van der Waals surface area contributed by atoms with E-state index in [0.717, 1.165) is 58.4 Å². The van der Waals surface area contributed by atoms with Gasteiger partial charge >= 0.3 is 12.4 Å². The summed E-state index contributed by atoms with van der Waals surface area (Å²) in [6.07, 6.45) is -6.00. The maximum absolute atomic E-state index is 12.9. The highest BCUT2D eigenvalue weighted by atomic mass is 19.4. The number of aryl methyl sites for hydroxylation is 3. The quantitative estimate of drug-likeness (QED) is 0.148. The summed E-state index contributed by atoms with van der Waals surface area (Å²) < 4.78 is 80.8. The van der Waals surface area contributed by atoms with Crippen molar-refractivity contribution >= 4 is 33.1 Å². The number of alkyl halides is 6. The normalized spacial score (nSPS) is 13.0. The van der Waals surface area contributed by atoms with Gasteiger partial charge in [-0.2, -0.15) is 26.3 Å². The third-order valence-electron chi connectivity index (χ3n) is 10.1. The lowest BCUT2D eigenvalue weighted by Gasteiger charge is -2.14. The summed E-state index contributed by atoms with van der Waals surface area (Å²) in [4.78, 5) is 50.1. The van der Waals surface area contributed by atoms with Crippen molar-refractivity contribution in [3.63, 3.8) is 0 Å². The SMILES string of the molecule is CCc1nc2ccccc2n(CC2CC2)c1=O.CCn1c(=O)c(C(C)C)nc2ccc(C)cc21.O=c1c(-c2ccc(C(F)(F)F)cc2)nc2ccccc2n1CC(F)(F)F. The molecule has 1 aliphatic rings. The lowest BCUT2D eigenvalue weighted by molar-refractivity contribution is -0.140. The lowest BCUT2D eigenvalue weighted by atomic mass is 10.1. The molecule has 0 amide bonds. The third-order valence-corrected chi connectivity index (χ3v) is 10.1. The molecule has 1 fully saturated rings. The largest absolute Gasteiger partial charge is 0.416 e. The second-order valence-electron chi connectivity index (χ2n) is 15.0. The molecule has 7 aromatic rings. The first-order chi connectivity index (χ1) is 28.4. The van der Waals surface area contributed by atoms with Gasteiger partial charge in [0, 0.05) is 24.6 Å². The van der Waals surface area contributed by atoms with Crippen LogP contribution in [0.2, 0.25) is 0 Å². The average Bonchev–Trinajstić information content (AvgIpc) is 4.04. The third kappa shape index (κ3) is 9.83. The van der Waals surface area contributed by atoms with E-state index in [4.69, 9.17) is 0 Å². The number of para-hydroxylation sites is 4. The number of fused-ring (bicyclic) bond motifs is 3.